The Hall–Kier alpha value is -1.24. The lowest BCUT2D eigenvalue weighted by Crippen LogP contribution is -2.44. The first-order chi connectivity index (χ1) is 9.84. The maximum Gasteiger partial charge on any atom is 0.317 e. The fourth-order valence-corrected chi connectivity index (χ4v) is 3.61. The van der Waals surface area contributed by atoms with E-state index >= 15 is 0 Å². The van der Waals surface area contributed by atoms with Crippen molar-refractivity contribution in [1.82, 2.24) is 25.0 Å². The molecule has 7 heteroatoms. The molecule has 1 saturated heterocycles. The lowest BCUT2D eigenvalue weighted by molar-refractivity contribution is 0.202. The fourth-order valence-electron chi connectivity index (χ4n) is 2.71. The van der Waals surface area contributed by atoms with E-state index in [2.05, 4.69) is 20.1 Å². The summed E-state index contributed by atoms with van der Waals surface area (Å²) in [6, 6.07) is 0.0243. The van der Waals surface area contributed by atoms with Gasteiger partial charge in [-0.2, -0.15) is 11.8 Å². The summed E-state index contributed by atoms with van der Waals surface area (Å²) in [7, 11) is 0. The van der Waals surface area contributed by atoms with Crippen molar-refractivity contribution in [2.45, 2.75) is 38.8 Å². The first-order valence-corrected chi connectivity index (χ1v) is 8.51. The van der Waals surface area contributed by atoms with Crippen molar-refractivity contribution in [2.75, 3.05) is 24.6 Å². The van der Waals surface area contributed by atoms with Crippen LogP contribution in [-0.4, -0.2) is 50.3 Å². The smallest absolute Gasteiger partial charge is 0.317 e. The van der Waals surface area contributed by atoms with Gasteiger partial charge in [-0.1, -0.05) is 6.42 Å². The lowest BCUT2D eigenvalue weighted by Gasteiger charge is -2.26. The first kappa shape index (κ1) is 13.7. The minimum Gasteiger partial charge on any atom is -0.331 e. The normalized spacial score (nSPS) is 19.3. The molecule has 1 N–H and O–H groups in total. The Kier molecular flexibility index (Phi) is 4.44. The van der Waals surface area contributed by atoms with E-state index in [0.29, 0.717) is 6.54 Å². The highest BCUT2D eigenvalue weighted by atomic mass is 32.2. The number of fused-ring (bicyclic) bond motifs is 1. The molecule has 3 rings (SSSR count). The van der Waals surface area contributed by atoms with Gasteiger partial charge in [-0.25, -0.2) is 4.79 Å². The zero-order chi connectivity index (χ0) is 13.8. The molecule has 0 unspecified atom stereocenters. The molecule has 0 radical (unpaired) electrons. The molecule has 2 amide bonds. The average Bonchev–Trinajstić information content (AvgIpc) is 2.72. The quantitative estimate of drug-likeness (QED) is 0.892. The van der Waals surface area contributed by atoms with E-state index in [4.69, 9.17) is 0 Å². The Morgan fingerprint density at radius 2 is 2.00 bits per heavy atom. The standard InChI is InChI=1S/C13H21N5OS/c19-13(17-6-8-20-9-7-17)14-10-12-16-15-11-4-2-1-3-5-18(11)12/h1-10H2,(H,14,19). The minimum atomic E-state index is 0.0243. The number of aryl methyl sites for hydroxylation is 1. The van der Waals surface area contributed by atoms with Gasteiger partial charge in [-0.3, -0.25) is 0 Å². The molecule has 1 fully saturated rings. The summed E-state index contributed by atoms with van der Waals surface area (Å²) >= 11 is 1.90. The number of nitrogens with zero attached hydrogens (tertiary/aromatic N) is 4. The van der Waals surface area contributed by atoms with E-state index in [9.17, 15) is 4.79 Å². The third-order valence-electron chi connectivity index (χ3n) is 3.88. The maximum atomic E-state index is 12.1. The van der Waals surface area contributed by atoms with Crippen LogP contribution in [0.1, 0.15) is 30.9 Å². The maximum absolute atomic E-state index is 12.1. The number of aromatic nitrogens is 3. The largest absolute Gasteiger partial charge is 0.331 e. The number of hydrogen-bond donors (Lipinski definition) is 1. The van der Waals surface area contributed by atoms with E-state index in [1.807, 2.05) is 16.7 Å². The van der Waals surface area contributed by atoms with Gasteiger partial charge >= 0.3 is 6.03 Å². The summed E-state index contributed by atoms with van der Waals surface area (Å²) < 4.78 is 2.18. The zero-order valence-electron chi connectivity index (χ0n) is 11.7. The topological polar surface area (TPSA) is 63.1 Å². The molecule has 0 atom stereocenters. The van der Waals surface area contributed by atoms with Gasteiger partial charge in [0.15, 0.2) is 5.82 Å². The second-order valence-electron chi connectivity index (χ2n) is 5.25. The minimum absolute atomic E-state index is 0.0243. The fraction of sp³-hybridized carbons (Fsp3) is 0.769. The number of thioether (sulfide) groups is 1. The second kappa shape index (κ2) is 6.47. The third kappa shape index (κ3) is 3.08. The molecule has 1 aromatic heterocycles. The van der Waals surface area contributed by atoms with Gasteiger partial charge in [-0.05, 0) is 12.8 Å². The highest BCUT2D eigenvalue weighted by Crippen LogP contribution is 2.14. The number of urea groups is 1. The van der Waals surface area contributed by atoms with Crippen LogP contribution in [0.5, 0.6) is 0 Å². The van der Waals surface area contributed by atoms with E-state index in [0.717, 1.165) is 49.2 Å². The molecular weight excluding hydrogens is 274 g/mol. The first-order valence-electron chi connectivity index (χ1n) is 7.36. The molecule has 20 heavy (non-hydrogen) atoms. The van der Waals surface area contributed by atoms with Crippen molar-refractivity contribution >= 4 is 17.8 Å². The molecule has 2 aliphatic rings. The van der Waals surface area contributed by atoms with Crippen LogP contribution in [-0.2, 0) is 19.5 Å². The van der Waals surface area contributed by atoms with Crippen LogP contribution in [0.15, 0.2) is 0 Å². The van der Waals surface area contributed by atoms with Gasteiger partial charge < -0.3 is 14.8 Å². The van der Waals surface area contributed by atoms with Gasteiger partial charge in [0.25, 0.3) is 0 Å². The van der Waals surface area contributed by atoms with E-state index in [1.54, 1.807) is 0 Å². The molecule has 0 saturated carbocycles. The Labute approximate surface area is 123 Å². The van der Waals surface area contributed by atoms with Gasteiger partial charge in [0.1, 0.15) is 5.82 Å². The van der Waals surface area contributed by atoms with Crippen LogP contribution >= 0.6 is 11.8 Å². The molecule has 3 heterocycles. The van der Waals surface area contributed by atoms with E-state index < -0.39 is 0 Å². The Balaban J connectivity index is 1.58. The Morgan fingerprint density at radius 1 is 1.15 bits per heavy atom. The van der Waals surface area contributed by atoms with Crippen molar-refractivity contribution < 1.29 is 4.79 Å². The number of hydrogen-bond acceptors (Lipinski definition) is 4. The number of carbonyl (C=O) groups excluding carboxylic acids is 1. The highest BCUT2D eigenvalue weighted by molar-refractivity contribution is 7.99. The summed E-state index contributed by atoms with van der Waals surface area (Å²) in [5.41, 5.74) is 0. The third-order valence-corrected chi connectivity index (χ3v) is 4.82. The number of nitrogens with one attached hydrogen (secondary N) is 1. The van der Waals surface area contributed by atoms with Gasteiger partial charge in [0.05, 0.1) is 6.54 Å². The van der Waals surface area contributed by atoms with Crippen LogP contribution in [0.25, 0.3) is 0 Å². The van der Waals surface area contributed by atoms with Crippen LogP contribution in [0.2, 0.25) is 0 Å². The molecule has 0 aromatic carbocycles. The Bertz CT molecular complexity index is 469. The van der Waals surface area contributed by atoms with Gasteiger partial charge in [0.2, 0.25) is 0 Å². The predicted molar refractivity (Wildman–Crippen MR) is 78.7 cm³/mol. The number of carbonyl (C=O) groups is 1. The van der Waals surface area contributed by atoms with Crippen LogP contribution in [0, 0.1) is 0 Å². The Morgan fingerprint density at radius 3 is 2.85 bits per heavy atom. The molecule has 0 bridgehead atoms. The summed E-state index contributed by atoms with van der Waals surface area (Å²) in [5, 5.41) is 11.5. The molecule has 0 aliphatic carbocycles. The zero-order valence-corrected chi connectivity index (χ0v) is 12.5. The average molecular weight is 295 g/mol. The summed E-state index contributed by atoms with van der Waals surface area (Å²) in [6.45, 7) is 3.15. The van der Waals surface area contributed by atoms with Crippen LogP contribution < -0.4 is 5.32 Å². The molecule has 0 spiro atoms. The highest BCUT2D eigenvalue weighted by Gasteiger charge is 2.18. The van der Waals surface area contributed by atoms with E-state index in [-0.39, 0.29) is 6.03 Å². The molecule has 1 aromatic rings. The number of rotatable bonds is 2. The van der Waals surface area contributed by atoms with Crippen LogP contribution in [0.3, 0.4) is 0 Å². The molecule has 110 valence electrons. The van der Waals surface area contributed by atoms with Crippen molar-refractivity contribution in [2.24, 2.45) is 0 Å². The second-order valence-corrected chi connectivity index (χ2v) is 6.48. The lowest BCUT2D eigenvalue weighted by atomic mass is 10.2. The van der Waals surface area contributed by atoms with Crippen LogP contribution in [0.4, 0.5) is 4.79 Å². The SMILES string of the molecule is O=C(NCc1nnc2n1CCCCC2)N1CCSCC1. The van der Waals surface area contributed by atoms with Gasteiger partial charge in [0, 0.05) is 37.6 Å². The summed E-state index contributed by atoms with van der Waals surface area (Å²) in [6.07, 6.45) is 4.62. The van der Waals surface area contributed by atoms with Crippen molar-refractivity contribution in [3.63, 3.8) is 0 Å². The molecular formula is C13H21N5OS. The predicted octanol–water partition coefficient (Wildman–Crippen LogP) is 1.26. The van der Waals surface area contributed by atoms with Crippen molar-refractivity contribution in [3.05, 3.63) is 11.6 Å². The summed E-state index contributed by atoms with van der Waals surface area (Å²) in [4.78, 5) is 14.0. The summed E-state index contributed by atoms with van der Waals surface area (Å²) in [5.74, 6) is 4.03. The molecule has 6 nitrogen and oxygen atoms in total. The van der Waals surface area contributed by atoms with Gasteiger partial charge in [-0.15, -0.1) is 10.2 Å². The van der Waals surface area contributed by atoms with E-state index in [1.165, 1.54) is 19.3 Å². The molecule has 2 aliphatic heterocycles. The van der Waals surface area contributed by atoms with Crippen molar-refractivity contribution in [1.29, 1.82) is 0 Å². The van der Waals surface area contributed by atoms with Crippen molar-refractivity contribution in [3.8, 4) is 0 Å². The number of amides is 2. The monoisotopic (exact) mass is 295 g/mol.